The standard InChI is InChI=1S/C25H25N7O2/c33-24(10-11-32-18-28-21-9-5-4-8-20(21)25(32)34)29-22-16-23(27-17-26-22)31-14-12-30(13-15-31)19-6-2-1-3-7-19/h1-9,16-18H,10-15H2,(H,26,27,29,33). The molecule has 0 unspecified atom stereocenters. The van der Waals surface area contributed by atoms with Crippen LogP contribution in [0.1, 0.15) is 6.42 Å². The molecule has 0 atom stereocenters. The highest BCUT2D eigenvalue weighted by molar-refractivity contribution is 5.90. The van der Waals surface area contributed by atoms with Crippen LogP contribution in [0.15, 0.2) is 78.1 Å². The molecule has 1 N–H and O–H groups in total. The second-order valence-electron chi connectivity index (χ2n) is 8.13. The molecule has 0 spiro atoms. The monoisotopic (exact) mass is 455 g/mol. The minimum absolute atomic E-state index is 0.134. The van der Waals surface area contributed by atoms with Gasteiger partial charge in [-0.25, -0.2) is 15.0 Å². The third-order valence-electron chi connectivity index (χ3n) is 5.96. The number of nitrogens with zero attached hydrogens (tertiary/aromatic N) is 6. The number of carbonyl (C=O) groups excluding carboxylic acids is 1. The van der Waals surface area contributed by atoms with Crippen molar-refractivity contribution in [2.75, 3.05) is 41.3 Å². The Balaban J connectivity index is 1.18. The summed E-state index contributed by atoms with van der Waals surface area (Å²) in [6.07, 6.45) is 3.08. The number of para-hydroxylation sites is 2. The molecular formula is C25H25N7O2. The highest BCUT2D eigenvalue weighted by atomic mass is 16.2. The Morgan fingerprint density at radius 2 is 1.62 bits per heavy atom. The Morgan fingerprint density at radius 1 is 0.882 bits per heavy atom. The van der Waals surface area contributed by atoms with Crippen molar-refractivity contribution in [3.63, 3.8) is 0 Å². The van der Waals surface area contributed by atoms with Crippen LogP contribution >= 0.6 is 0 Å². The molecule has 5 rings (SSSR count). The number of aryl methyl sites for hydroxylation is 1. The molecule has 0 radical (unpaired) electrons. The van der Waals surface area contributed by atoms with E-state index in [-0.39, 0.29) is 24.4 Å². The molecule has 9 heteroatoms. The number of nitrogens with one attached hydrogen (secondary N) is 1. The van der Waals surface area contributed by atoms with E-state index < -0.39 is 0 Å². The van der Waals surface area contributed by atoms with Gasteiger partial charge >= 0.3 is 0 Å². The van der Waals surface area contributed by atoms with E-state index in [1.165, 1.54) is 22.9 Å². The zero-order chi connectivity index (χ0) is 23.3. The van der Waals surface area contributed by atoms with Crippen LogP contribution < -0.4 is 20.7 Å². The van der Waals surface area contributed by atoms with E-state index in [9.17, 15) is 9.59 Å². The van der Waals surface area contributed by atoms with Gasteiger partial charge in [0.1, 0.15) is 18.0 Å². The number of benzene rings is 2. The first-order valence-corrected chi connectivity index (χ1v) is 11.3. The number of fused-ring (bicyclic) bond motifs is 1. The molecule has 2 aromatic heterocycles. The number of rotatable bonds is 6. The zero-order valence-corrected chi connectivity index (χ0v) is 18.7. The first-order chi connectivity index (χ1) is 16.7. The Hall–Kier alpha value is -4.27. The molecule has 1 fully saturated rings. The van der Waals surface area contributed by atoms with Crippen molar-refractivity contribution in [2.24, 2.45) is 0 Å². The van der Waals surface area contributed by atoms with Crippen LogP contribution in [-0.4, -0.2) is 51.6 Å². The highest BCUT2D eigenvalue weighted by Crippen LogP contribution is 2.20. The molecular weight excluding hydrogens is 430 g/mol. The number of aromatic nitrogens is 4. The number of hydrogen-bond acceptors (Lipinski definition) is 7. The molecule has 3 heterocycles. The summed E-state index contributed by atoms with van der Waals surface area (Å²) >= 11 is 0. The van der Waals surface area contributed by atoms with Gasteiger partial charge in [-0.15, -0.1) is 0 Å². The van der Waals surface area contributed by atoms with Crippen molar-refractivity contribution < 1.29 is 4.79 Å². The fourth-order valence-electron chi connectivity index (χ4n) is 4.11. The number of carbonyl (C=O) groups is 1. The minimum atomic E-state index is -0.224. The van der Waals surface area contributed by atoms with Crippen LogP contribution in [0.4, 0.5) is 17.3 Å². The molecule has 1 amide bonds. The first-order valence-electron chi connectivity index (χ1n) is 11.3. The molecule has 34 heavy (non-hydrogen) atoms. The van der Waals surface area contributed by atoms with Crippen LogP contribution in [0.5, 0.6) is 0 Å². The maximum Gasteiger partial charge on any atom is 0.261 e. The van der Waals surface area contributed by atoms with Crippen molar-refractivity contribution in [2.45, 2.75) is 13.0 Å². The average molecular weight is 456 g/mol. The van der Waals surface area contributed by atoms with Gasteiger partial charge in [-0.1, -0.05) is 30.3 Å². The van der Waals surface area contributed by atoms with Gasteiger partial charge < -0.3 is 15.1 Å². The van der Waals surface area contributed by atoms with Crippen LogP contribution in [0.2, 0.25) is 0 Å². The number of piperazine rings is 1. The molecule has 1 aliphatic rings. The third-order valence-corrected chi connectivity index (χ3v) is 5.96. The summed E-state index contributed by atoms with van der Waals surface area (Å²) in [6, 6.07) is 19.3. The summed E-state index contributed by atoms with van der Waals surface area (Å²) in [5.74, 6) is 1.01. The lowest BCUT2D eigenvalue weighted by Gasteiger charge is -2.36. The van der Waals surface area contributed by atoms with E-state index in [0.717, 1.165) is 32.0 Å². The van der Waals surface area contributed by atoms with Gasteiger partial charge in [-0.05, 0) is 24.3 Å². The van der Waals surface area contributed by atoms with Crippen molar-refractivity contribution >= 4 is 34.1 Å². The quantitative estimate of drug-likeness (QED) is 0.477. The second kappa shape index (κ2) is 9.70. The zero-order valence-electron chi connectivity index (χ0n) is 18.7. The SMILES string of the molecule is O=C(CCn1cnc2ccccc2c1=O)Nc1cc(N2CCN(c3ccccc3)CC2)ncn1. The lowest BCUT2D eigenvalue weighted by molar-refractivity contribution is -0.116. The van der Waals surface area contributed by atoms with Gasteiger partial charge in [0.2, 0.25) is 5.91 Å². The normalized spacial score (nSPS) is 13.8. The molecule has 9 nitrogen and oxygen atoms in total. The van der Waals surface area contributed by atoms with Crippen molar-refractivity contribution in [3.05, 3.63) is 83.7 Å². The van der Waals surface area contributed by atoms with Crippen LogP contribution in [0.25, 0.3) is 10.9 Å². The van der Waals surface area contributed by atoms with E-state index >= 15 is 0 Å². The summed E-state index contributed by atoms with van der Waals surface area (Å²) in [4.78, 5) is 42.5. The van der Waals surface area contributed by atoms with Gasteiger partial charge in [0, 0.05) is 50.9 Å². The van der Waals surface area contributed by atoms with Crippen LogP contribution in [0.3, 0.4) is 0 Å². The van der Waals surface area contributed by atoms with Gasteiger partial charge in [0.05, 0.1) is 17.2 Å². The van der Waals surface area contributed by atoms with E-state index in [2.05, 4.69) is 42.2 Å². The third kappa shape index (κ3) is 4.73. The molecule has 1 saturated heterocycles. The Labute approximate surface area is 196 Å². The fourth-order valence-corrected chi connectivity index (χ4v) is 4.11. The summed E-state index contributed by atoms with van der Waals surface area (Å²) in [6.45, 7) is 3.69. The molecule has 4 aromatic rings. The van der Waals surface area contributed by atoms with Gasteiger partial charge in [-0.3, -0.25) is 14.2 Å². The number of anilines is 3. The summed E-state index contributed by atoms with van der Waals surface area (Å²) in [5, 5.41) is 3.36. The Morgan fingerprint density at radius 3 is 2.44 bits per heavy atom. The average Bonchev–Trinajstić information content (AvgIpc) is 2.89. The summed E-state index contributed by atoms with van der Waals surface area (Å²) in [5.41, 5.74) is 1.71. The van der Waals surface area contributed by atoms with Crippen LogP contribution in [0, 0.1) is 0 Å². The minimum Gasteiger partial charge on any atom is -0.368 e. The van der Waals surface area contributed by atoms with Gasteiger partial charge in [0.15, 0.2) is 0 Å². The largest absolute Gasteiger partial charge is 0.368 e. The maximum atomic E-state index is 12.6. The summed E-state index contributed by atoms with van der Waals surface area (Å²) < 4.78 is 1.46. The molecule has 0 aliphatic carbocycles. The fraction of sp³-hybridized carbons (Fsp3) is 0.240. The van der Waals surface area contributed by atoms with Crippen molar-refractivity contribution in [3.8, 4) is 0 Å². The molecule has 172 valence electrons. The molecule has 2 aromatic carbocycles. The van der Waals surface area contributed by atoms with Gasteiger partial charge in [0.25, 0.3) is 5.56 Å². The lowest BCUT2D eigenvalue weighted by atomic mass is 10.2. The smallest absolute Gasteiger partial charge is 0.261 e. The van der Waals surface area contributed by atoms with Crippen molar-refractivity contribution in [1.29, 1.82) is 0 Å². The van der Waals surface area contributed by atoms with E-state index in [1.54, 1.807) is 24.3 Å². The Kier molecular flexibility index (Phi) is 6.15. The first kappa shape index (κ1) is 21.6. The predicted molar refractivity (Wildman–Crippen MR) is 132 cm³/mol. The molecule has 0 saturated carbocycles. The Bertz CT molecular complexity index is 1350. The maximum absolute atomic E-state index is 12.6. The number of hydrogen-bond donors (Lipinski definition) is 1. The highest BCUT2D eigenvalue weighted by Gasteiger charge is 2.19. The molecule has 0 bridgehead atoms. The topological polar surface area (TPSA) is 96.2 Å². The van der Waals surface area contributed by atoms with Crippen molar-refractivity contribution in [1.82, 2.24) is 19.5 Å². The van der Waals surface area contributed by atoms with E-state index in [4.69, 9.17) is 0 Å². The predicted octanol–water partition coefficient (Wildman–Crippen LogP) is 2.54. The van der Waals surface area contributed by atoms with E-state index in [0.29, 0.717) is 16.7 Å². The summed E-state index contributed by atoms with van der Waals surface area (Å²) in [7, 11) is 0. The number of amides is 1. The second-order valence-corrected chi connectivity index (χ2v) is 8.13. The van der Waals surface area contributed by atoms with Crippen LogP contribution in [-0.2, 0) is 11.3 Å². The van der Waals surface area contributed by atoms with Gasteiger partial charge in [-0.2, -0.15) is 0 Å². The lowest BCUT2D eigenvalue weighted by Crippen LogP contribution is -2.46. The van der Waals surface area contributed by atoms with E-state index in [1.807, 2.05) is 24.3 Å². The molecule has 1 aliphatic heterocycles.